The van der Waals surface area contributed by atoms with Gasteiger partial charge in [0.15, 0.2) is 0 Å². The van der Waals surface area contributed by atoms with Gasteiger partial charge in [-0.1, -0.05) is 30.3 Å². The normalized spacial score (nSPS) is 14.4. The SMILES string of the molecule is O=C(NCC(OC(=O)C(F)(F)C(F)(F)F)c1ccccc1)C(F)(F)C(F)(F)F. The van der Waals surface area contributed by atoms with Crippen molar-refractivity contribution in [2.24, 2.45) is 0 Å². The maximum absolute atomic E-state index is 13.0. The number of rotatable bonds is 6. The van der Waals surface area contributed by atoms with E-state index in [1.165, 1.54) is 18.2 Å². The molecule has 1 aromatic carbocycles. The summed E-state index contributed by atoms with van der Waals surface area (Å²) in [5.74, 6) is -17.9. The van der Waals surface area contributed by atoms with Gasteiger partial charge in [0.2, 0.25) is 0 Å². The first-order valence-electron chi connectivity index (χ1n) is 6.95. The van der Waals surface area contributed by atoms with Crippen molar-refractivity contribution in [3.8, 4) is 0 Å². The molecule has 1 amide bonds. The van der Waals surface area contributed by atoms with E-state index in [1.807, 2.05) is 0 Å². The largest absolute Gasteiger partial charge is 0.465 e. The summed E-state index contributed by atoms with van der Waals surface area (Å²) in [5, 5.41) is 1.01. The molecular weight excluding hydrogens is 420 g/mol. The average Bonchev–Trinajstić information content (AvgIpc) is 2.56. The van der Waals surface area contributed by atoms with Crippen LogP contribution in [0.25, 0.3) is 0 Å². The van der Waals surface area contributed by atoms with Crippen LogP contribution < -0.4 is 5.32 Å². The molecule has 1 aromatic rings. The van der Waals surface area contributed by atoms with Crippen LogP contribution in [-0.4, -0.2) is 42.6 Å². The van der Waals surface area contributed by atoms with Crippen LogP contribution >= 0.6 is 0 Å². The minimum atomic E-state index is -6.35. The van der Waals surface area contributed by atoms with Crippen LogP contribution in [0, 0.1) is 0 Å². The minimum absolute atomic E-state index is 0.357. The summed E-state index contributed by atoms with van der Waals surface area (Å²) >= 11 is 0. The van der Waals surface area contributed by atoms with Crippen molar-refractivity contribution in [2.75, 3.05) is 6.54 Å². The Hall–Kier alpha value is -2.54. The lowest BCUT2D eigenvalue weighted by molar-refractivity contribution is -0.282. The van der Waals surface area contributed by atoms with E-state index in [2.05, 4.69) is 4.74 Å². The zero-order valence-corrected chi connectivity index (χ0v) is 13.2. The van der Waals surface area contributed by atoms with E-state index in [1.54, 1.807) is 0 Å². The Bertz CT molecular complexity index is 700. The molecule has 0 saturated carbocycles. The standard InChI is InChI=1S/C14H9F10NO3/c15-11(16,13(19,20)21)9(26)25-6-8(7-4-2-1-3-5-7)28-10(27)12(17,18)14(22,23)24/h1-5,8H,6H2,(H,25,26). The number of amides is 1. The monoisotopic (exact) mass is 429 g/mol. The Balaban J connectivity index is 3.04. The quantitative estimate of drug-likeness (QED) is 0.553. The fraction of sp³-hybridized carbons (Fsp3) is 0.429. The number of alkyl halides is 10. The van der Waals surface area contributed by atoms with Crippen molar-refractivity contribution < 1.29 is 58.2 Å². The van der Waals surface area contributed by atoms with Gasteiger partial charge in [0.25, 0.3) is 0 Å². The molecule has 1 atom stereocenters. The second-order valence-corrected chi connectivity index (χ2v) is 5.16. The number of nitrogens with one attached hydrogen (secondary N) is 1. The Morgan fingerprint density at radius 2 is 1.29 bits per heavy atom. The zero-order chi connectivity index (χ0) is 22.0. The van der Waals surface area contributed by atoms with Gasteiger partial charge in [0, 0.05) is 0 Å². The second kappa shape index (κ2) is 7.83. The van der Waals surface area contributed by atoms with Crippen LogP contribution in [0.3, 0.4) is 0 Å². The van der Waals surface area contributed by atoms with Gasteiger partial charge in [-0.15, -0.1) is 0 Å². The van der Waals surface area contributed by atoms with E-state index in [-0.39, 0.29) is 5.56 Å². The van der Waals surface area contributed by atoms with Gasteiger partial charge >= 0.3 is 36.1 Å². The molecule has 0 aromatic heterocycles. The van der Waals surface area contributed by atoms with Crippen LogP contribution in [0.4, 0.5) is 43.9 Å². The molecular formula is C14H9F10NO3. The summed E-state index contributed by atoms with van der Waals surface area (Å²) in [6.45, 7) is -1.44. The lowest BCUT2D eigenvalue weighted by Crippen LogP contribution is -2.51. The van der Waals surface area contributed by atoms with Crippen LogP contribution in [-0.2, 0) is 14.3 Å². The van der Waals surface area contributed by atoms with Gasteiger partial charge in [-0.05, 0) is 5.56 Å². The Kier molecular flexibility index (Phi) is 6.57. The molecule has 0 bridgehead atoms. The molecule has 4 nitrogen and oxygen atoms in total. The third-order valence-electron chi connectivity index (χ3n) is 3.12. The summed E-state index contributed by atoms with van der Waals surface area (Å²) in [4.78, 5) is 22.2. The van der Waals surface area contributed by atoms with Crippen molar-refractivity contribution in [2.45, 2.75) is 30.3 Å². The van der Waals surface area contributed by atoms with E-state index >= 15 is 0 Å². The van der Waals surface area contributed by atoms with Crippen molar-refractivity contribution in [3.63, 3.8) is 0 Å². The maximum Gasteiger partial charge on any atom is 0.465 e. The van der Waals surface area contributed by atoms with Gasteiger partial charge in [-0.2, -0.15) is 43.9 Å². The van der Waals surface area contributed by atoms with Gasteiger partial charge in [-0.25, -0.2) is 4.79 Å². The van der Waals surface area contributed by atoms with Crippen LogP contribution in [0.1, 0.15) is 11.7 Å². The molecule has 0 aliphatic carbocycles. The predicted molar refractivity (Wildman–Crippen MR) is 70.3 cm³/mol. The smallest absolute Gasteiger partial charge is 0.451 e. The molecule has 14 heteroatoms. The van der Waals surface area contributed by atoms with Gasteiger partial charge in [-0.3, -0.25) is 4.79 Å². The second-order valence-electron chi connectivity index (χ2n) is 5.16. The predicted octanol–water partition coefficient (Wildman–Crippen LogP) is 3.78. The first-order valence-corrected chi connectivity index (χ1v) is 6.95. The highest BCUT2D eigenvalue weighted by Gasteiger charge is 2.65. The molecule has 0 heterocycles. The Morgan fingerprint density at radius 3 is 1.71 bits per heavy atom. The highest BCUT2D eigenvalue weighted by atomic mass is 19.4. The number of carbonyl (C=O) groups excluding carboxylic acids is 2. The molecule has 0 fully saturated rings. The minimum Gasteiger partial charge on any atom is -0.451 e. The third-order valence-corrected chi connectivity index (χ3v) is 3.12. The Morgan fingerprint density at radius 1 is 0.821 bits per heavy atom. The summed E-state index contributed by atoms with van der Waals surface area (Å²) in [5.41, 5.74) is -0.357. The summed E-state index contributed by atoms with van der Waals surface area (Å²) in [7, 11) is 0. The van der Waals surface area contributed by atoms with Crippen molar-refractivity contribution >= 4 is 11.9 Å². The highest BCUT2D eigenvalue weighted by molar-refractivity contribution is 5.84. The number of carbonyl (C=O) groups is 2. The molecule has 0 aliphatic heterocycles. The fourth-order valence-corrected chi connectivity index (χ4v) is 1.64. The number of benzene rings is 1. The molecule has 28 heavy (non-hydrogen) atoms. The van der Waals surface area contributed by atoms with E-state index in [4.69, 9.17) is 0 Å². The van der Waals surface area contributed by atoms with E-state index < -0.39 is 48.7 Å². The number of hydrogen-bond acceptors (Lipinski definition) is 3. The number of hydrogen-bond donors (Lipinski definition) is 1. The summed E-state index contributed by atoms with van der Waals surface area (Å²) in [6, 6.07) is 5.63. The number of esters is 1. The van der Waals surface area contributed by atoms with Gasteiger partial charge in [0.05, 0.1) is 6.54 Å². The first kappa shape index (κ1) is 23.5. The van der Waals surface area contributed by atoms with E-state index in [9.17, 15) is 53.5 Å². The van der Waals surface area contributed by atoms with E-state index in [0.29, 0.717) is 0 Å². The maximum atomic E-state index is 13.0. The van der Waals surface area contributed by atoms with Crippen molar-refractivity contribution in [1.82, 2.24) is 5.32 Å². The van der Waals surface area contributed by atoms with Crippen LogP contribution in [0.15, 0.2) is 30.3 Å². The average molecular weight is 429 g/mol. The molecule has 1 unspecified atom stereocenters. The third kappa shape index (κ3) is 5.04. The fourth-order valence-electron chi connectivity index (χ4n) is 1.64. The van der Waals surface area contributed by atoms with Crippen LogP contribution in [0.5, 0.6) is 0 Å². The molecule has 0 aliphatic rings. The molecule has 0 spiro atoms. The van der Waals surface area contributed by atoms with Crippen LogP contribution in [0.2, 0.25) is 0 Å². The molecule has 158 valence electrons. The van der Waals surface area contributed by atoms with Crippen molar-refractivity contribution in [1.29, 1.82) is 0 Å². The summed E-state index contributed by atoms with van der Waals surface area (Å²) in [6.07, 6.45) is -14.9. The van der Waals surface area contributed by atoms with Gasteiger partial charge in [0.1, 0.15) is 6.10 Å². The lowest BCUT2D eigenvalue weighted by atomic mass is 10.1. The molecule has 0 saturated heterocycles. The van der Waals surface area contributed by atoms with Crippen molar-refractivity contribution in [3.05, 3.63) is 35.9 Å². The Labute approximate surface area is 149 Å². The summed E-state index contributed by atoms with van der Waals surface area (Å²) < 4.78 is 129. The number of ether oxygens (including phenoxy) is 1. The first-order chi connectivity index (χ1) is 12.5. The highest BCUT2D eigenvalue weighted by Crippen LogP contribution is 2.38. The zero-order valence-electron chi connectivity index (χ0n) is 13.2. The molecule has 1 N–H and O–H groups in total. The molecule has 1 rings (SSSR count). The lowest BCUT2D eigenvalue weighted by Gasteiger charge is -2.24. The van der Waals surface area contributed by atoms with E-state index in [0.717, 1.165) is 17.4 Å². The topological polar surface area (TPSA) is 55.4 Å². The molecule has 0 radical (unpaired) electrons. The van der Waals surface area contributed by atoms with Gasteiger partial charge < -0.3 is 10.1 Å². The number of halogens is 10.